The molecule has 0 bridgehead atoms. The van der Waals surface area contributed by atoms with Crippen molar-refractivity contribution in [3.05, 3.63) is 110 Å². The Morgan fingerprint density at radius 3 is 2.29 bits per heavy atom. The topological polar surface area (TPSA) is 78.5 Å². The number of rotatable bonds is 7. The molecule has 0 unspecified atom stereocenters. The highest BCUT2D eigenvalue weighted by Crippen LogP contribution is 2.26. The second kappa shape index (κ2) is 10.5. The second-order valence-electron chi connectivity index (χ2n) is 7.95. The van der Waals surface area contributed by atoms with E-state index in [1.165, 1.54) is 0 Å². The van der Waals surface area contributed by atoms with Gasteiger partial charge in [0.2, 0.25) is 0 Å². The van der Waals surface area contributed by atoms with Crippen LogP contribution in [0.1, 0.15) is 27.0 Å². The zero-order chi connectivity index (χ0) is 25.1. The number of nitrogens with zero attached hydrogens (tertiary/aromatic N) is 1. The normalized spacial score (nSPS) is 13.4. The van der Waals surface area contributed by atoms with Crippen LogP contribution in [-0.4, -0.2) is 22.6 Å². The molecule has 35 heavy (non-hydrogen) atoms. The van der Waals surface area contributed by atoms with Gasteiger partial charge in [-0.1, -0.05) is 71.2 Å². The van der Waals surface area contributed by atoms with Crippen LogP contribution in [0, 0.1) is 6.92 Å². The zero-order valence-corrected chi connectivity index (χ0v) is 20.8. The molecule has 3 aromatic carbocycles. The van der Waals surface area contributed by atoms with Gasteiger partial charge in [-0.05, 0) is 53.9 Å². The molecule has 2 N–H and O–H groups in total. The van der Waals surface area contributed by atoms with Gasteiger partial charge in [0.1, 0.15) is 10.7 Å². The lowest BCUT2D eigenvalue weighted by molar-refractivity contribution is -0.138. The van der Waals surface area contributed by atoms with Gasteiger partial charge in [-0.25, -0.2) is 0 Å². The summed E-state index contributed by atoms with van der Waals surface area (Å²) < 4.78 is 0. The van der Waals surface area contributed by atoms with E-state index in [4.69, 9.17) is 34.8 Å². The summed E-state index contributed by atoms with van der Waals surface area (Å²) in [6.07, 6.45) is 0. The Morgan fingerprint density at radius 1 is 0.886 bits per heavy atom. The van der Waals surface area contributed by atoms with E-state index in [-0.39, 0.29) is 29.7 Å². The lowest BCUT2D eigenvalue weighted by Crippen LogP contribution is -2.33. The molecule has 4 rings (SSSR count). The fourth-order valence-electron chi connectivity index (χ4n) is 3.48. The summed E-state index contributed by atoms with van der Waals surface area (Å²) >= 11 is 18.4. The molecule has 3 amide bonds. The minimum Gasteiger partial charge on any atom is -0.375 e. The largest absolute Gasteiger partial charge is 0.375 e. The van der Waals surface area contributed by atoms with Gasteiger partial charge in [0.25, 0.3) is 17.7 Å². The summed E-state index contributed by atoms with van der Waals surface area (Å²) in [7, 11) is 0. The highest BCUT2D eigenvalue weighted by Gasteiger charge is 2.37. The van der Waals surface area contributed by atoms with Gasteiger partial charge in [-0.15, -0.1) is 0 Å². The van der Waals surface area contributed by atoms with Crippen LogP contribution in [0.3, 0.4) is 0 Å². The molecule has 9 heteroatoms. The molecule has 0 saturated heterocycles. The van der Waals surface area contributed by atoms with Gasteiger partial charge in [0, 0.05) is 27.8 Å². The van der Waals surface area contributed by atoms with E-state index in [0.29, 0.717) is 26.9 Å². The van der Waals surface area contributed by atoms with Gasteiger partial charge in [0.15, 0.2) is 0 Å². The van der Waals surface area contributed by atoms with Crippen molar-refractivity contribution >= 4 is 58.2 Å². The first-order chi connectivity index (χ1) is 16.7. The molecule has 178 valence electrons. The summed E-state index contributed by atoms with van der Waals surface area (Å²) in [6.45, 7) is 2.14. The van der Waals surface area contributed by atoms with Gasteiger partial charge >= 0.3 is 0 Å². The Hall–Kier alpha value is -3.32. The molecule has 6 nitrogen and oxygen atoms in total. The van der Waals surface area contributed by atoms with E-state index in [9.17, 15) is 14.4 Å². The van der Waals surface area contributed by atoms with E-state index in [1.54, 1.807) is 60.7 Å². The van der Waals surface area contributed by atoms with Crippen molar-refractivity contribution in [2.24, 2.45) is 0 Å². The predicted molar refractivity (Wildman–Crippen MR) is 137 cm³/mol. The first-order valence-electron chi connectivity index (χ1n) is 10.6. The zero-order valence-electron chi connectivity index (χ0n) is 18.6. The van der Waals surface area contributed by atoms with Crippen molar-refractivity contribution in [1.82, 2.24) is 10.2 Å². The van der Waals surface area contributed by atoms with Crippen LogP contribution in [0.25, 0.3) is 0 Å². The number of imide groups is 1. The van der Waals surface area contributed by atoms with Crippen LogP contribution < -0.4 is 10.6 Å². The second-order valence-corrected chi connectivity index (χ2v) is 9.14. The molecule has 0 saturated carbocycles. The highest BCUT2D eigenvalue weighted by atomic mass is 35.5. The summed E-state index contributed by atoms with van der Waals surface area (Å²) in [4.78, 5) is 38.9. The van der Waals surface area contributed by atoms with Gasteiger partial charge in [-0.3, -0.25) is 19.3 Å². The third kappa shape index (κ3) is 5.51. The summed E-state index contributed by atoms with van der Waals surface area (Å²) in [6, 6.07) is 19.1. The molecule has 3 aromatic rings. The van der Waals surface area contributed by atoms with Crippen LogP contribution >= 0.6 is 34.8 Å². The number of aryl methyl sites for hydroxylation is 1. The Balaban J connectivity index is 1.38. The smallest absolute Gasteiger partial charge is 0.278 e. The van der Waals surface area contributed by atoms with Crippen LogP contribution in [0.15, 0.2) is 77.5 Å². The summed E-state index contributed by atoms with van der Waals surface area (Å²) in [5.74, 6) is -1.38. The average molecular weight is 529 g/mol. The minimum absolute atomic E-state index is 0.0226. The minimum atomic E-state index is -0.581. The van der Waals surface area contributed by atoms with E-state index in [0.717, 1.165) is 16.0 Å². The van der Waals surface area contributed by atoms with E-state index in [1.807, 2.05) is 13.0 Å². The average Bonchev–Trinajstić information content (AvgIpc) is 3.04. The highest BCUT2D eigenvalue weighted by molar-refractivity contribution is 6.47. The Morgan fingerprint density at radius 2 is 1.60 bits per heavy atom. The van der Waals surface area contributed by atoms with Crippen LogP contribution in [-0.2, 0) is 22.7 Å². The van der Waals surface area contributed by atoms with Crippen LogP contribution in [0.4, 0.5) is 5.69 Å². The molecule has 1 aliphatic rings. The molecule has 0 atom stereocenters. The van der Waals surface area contributed by atoms with Crippen molar-refractivity contribution < 1.29 is 14.4 Å². The molecule has 0 spiro atoms. The van der Waals surface area contributed by atoms with Crippen LogP contribution in [0.5, 0.6) is 0 Å². The number of amides is 3. The van der Waals surface area contributed by atoms with E-state index in [2.05, 4.69) is 10.6 Å². The third-order valence-corrected chi connectivity index (χ3v) is 6.64. The molecule has 0 radical (unpaired) electrons. The number of hydrogen-bond acceptors (Lipinski definition) is 4. The molecule has 0 aliphatic carbocycles. The van der Waals surface area contributed by atoms with Crippen molar-refractivity contribution in [3.8, 4) is 0 Å². The third-order valence-electron chi connectivity index (χ3n) is 5.51. The number of nitrogens with one attached hydrogen (secondary N) is 2. The molecular weight excluding hydrogens is 509 g/mol. The van der Waals surface area contributed by atoms with Crippen molar-refractivity contribution in [3.63, 3.8) is 0 Å². The number of hydrogen-bond donors (Lipinski definition) is 2. The van der Waals surface area contributed by atoms with Crippen molar-refractivity contribution in [1.29, 1.82) is 0 Å². The van der Waals surface area contributed by atoms with Crippen molar-refractivity contribution in [2.45, 2.75) is 20.0 Å². The first-order valence-corrected chi connectivity index (χ1v) is 11.8. The lowest BCUT2D eigenvalue weighted by atomic mass is 10.1. The summed E-state index contributed by atoms with van der Waals surface area (Å²) in [5.41, 5.74) is 3.45. The maximum absolute atomic E-state index is 12.8. The molecule has 0 fully saturated rings. The number of carbonyl (C=O) groups excluding carboxylic acids is 3. The Bertz CT molecular complexity index is 1350. The fraction of sp³-hybridized carbons (Fsp3) is 0.115. The lowest BCUT2D eigenvalue weighted by Gasteiger charge is -2.16. The molecule has 1 aliphatic heterocycles. The van der Waals surface area contributed by atoms with Gasteiger partial charge in [0.05, 0.1) is 6.54 Å². The molecule has 0 aromatic heterocycles. The molecule has 1 heterocycles. The van der Waals surface area contributed by atoms with Gasteiger partial charge in [-0.2, -0.15) is 0 Å². The predicted octanol–water partition coefficient (Wildman–Crippen LogP) is 5.66. The monoisotopic (exact) mass is 527 g/mol. The van der Waals surface area contributed by atoms with Crippen molar-refractivity contribution in [2.75, 3.05) is 5.32 Å². The first kappa shape index (κ1) is 24.8. The maximum Gasteiger partial charge on any atom is 0.278 e. The van der Waals surface area contributed by atoms with E-state index < -0.39 is 11.8 Å². The Labute approximate surface area is 217 Å². The maximum atomic E-state index is 12.8. The van der Waals surface area contributed by atoms with E-state index >= 15 is 0 Å². The SMILES string of the molecule is Cc1ccc(NC(=O)c2ccc(CNC3=C(Cl)C(=O)N(Cc4ccccc4Cl)C3=O)cc2)cc1Cl. The molecular formula is C26H20Cl3N3O3. The standard InChI is InChI=1S/C26H20Cl3N3O3/c1-15-6-11-19(12-21(15)28)31-24(33)17-9-7-16(8-10-17)13-30-23-22(29)25(34)32(26(23)35)14-18-4-2-3-5-20(18)27/h2-12,30H,13-14H2,1H3,(H,31,33). The number of carbonyl (C=O) groups is 3. The van der Waals surface area contributed by atoms with Gasteiger partial charge < -0.3 is 10.6 Å². The number of anilines is 1. The van der Waals surface area contributed by atoms with Crippen LogP contribution in [0.2, 0.25) is 10.0 Å². The summed E-state index contributed by atoms with van der Waals surface area (Å²) in [5, 5.41) is 6.61. The number of halogens is 3. The number of benzene rings is 3. The fourth-order valence-corrected chi connectivity index (χ4v) is 4.10. The Kier molecular flexibility index (Phi) is 7.45. The quantitative estimate of drug-likeness (QED) is 0.388.